The Balaban J connectivity index is 2.08. The van der Waals surface area contributed by atoms with Crippen LogP contribution in [0.1, 0.15) is 53.4 Å². The van der Waals surface area contributed by atoms with Crippen molar-refractivity contribution in [2.24, 2.45) is 5.41 Å². The van der Waals surface area contributed by atoms with E-state index in [0.717, 1.165) is 12.0 Å². The number of rotatable bonds is 6. The number of carbonyl (C=O) groups is 1. The highest BCUT2D eigenvalue weighted by Gasteiger charge is 2.45. The second-order valence-corrected chi connectivity index (χ2v) is 8.21. The number of aliphatic hydroxyl groups is 4. The van der Waals surface area contributed by atoms with Gasteiger partial charge in [-0.1, -0.05) is 25.0 Å². The van der Waals surface area contributed by atoms with E-state index in [1.165, 1.54) is 5.57 Å². The van der Waals surface area contributed by atoms with Gasteiger partial charge in [-0.15, -0.1) is 0 Å². The lowest BCUT2D eigenvalue weighted by Gasteiger charge is -2.44. The molecule has 0 aromatic rings. The first-order chi connectivity index (χ1) is 12.1. The van der Waals surface area contributed by atoms with E-state index in [-0.39, 0.29) is 17.3 Å². The van der Waals surface area contributed by atoms with Crippen molar-refractivity contribution in [3.8, 4) is 0 Å². The summed E-state index contributed by atoms with van der Waals surface area (Å²) in [6.45, 7) is 7.36. The van der Waals surface area contributed by atoms with E-state index < -0.39 is 37.3 Å². The number of Topliss-reactive ketones (excluding diaryl/α,β-unsaturated/α-hetero) is 1. The van der Waals surface area contributed by atoms with Crippen molar-refractivity contribution in [3.05, 3.63) is 11.1 Å². The summed E-state index contributed by atoms with van der Waals surface area (Å²) in [7, 11) is 0. The Labute approximate surface area is 154 Å². The van der Waals surface area contributed by atoms with Gasteiger partial charge in [0.25, 0.3) is 0 Å². The molecule has 150 valence electrons. The maximum Gasteiger partial charge on any atom is 0.186 e. The minimum absolute atomic E-state index is 0.156. The predicted octanol–water partition coefficient (Wildman–Crippen LogP) is 0.677. The molecule has 0 radical (unpaired) electrons. The van der Waals surface area contributed by atoms with Gasteiger partial charge in [-0.3, -0.25) is 0 Å². The molecular formula is C19H32O7. The third-order valence-electron chi connectivity index (χ3n) is 5.51. The number of ketones is 1. The highest BCUT2D eigenvalue weighted by molar-refractivity contribution is 5.75. The molecule has 4 N–H and O–H groups in total. The van der Waals surface area contributed by atoms with Crippen molar-refractivity contribution in [1.29, 1.82) is 0 Å². The zero-order valence-electron chi connectivity index (χ0n) is 16.0. The molecule has 7 nitrogen and oxygen atoms in total. The molecule has 2 aliphatic rings. The predicted molar refractivity (Wildman–Crippen MR) is 94.3 cm³/mol. The summed E-state index contributed by atoms with van der Waals surface area (Å²) in [6.07, 6.45) is -3.95. The van der Waals surface area contributed by atoms with Crippen molar-refractivity contribution in [2.75, 3.05) is 6.61 Å². The Morgan fingerprint density at radius 1 is 1.23 bits per heavy atom. The van der Waals surface area contributed by atoms with Crippen LogP contribution in [0.25, 0.3) is 0 Å². The summed E-state index contributed by atoms with van der Waals surface area (Å²) in [5.74, 6) is 0.167. The number of hydrogen-bond donors (Lipinski definition) is 4. The standard InChI is InChI=1S/C19H32O7/c1-10-7-12(8-19(3,4)13(10)6-5-11(2)21)25-18-17(24)16(23)15(22)14(9-20)26-18/h12,14-18,20,22-24H,5-9H2,1-4H3. The smallest absolute Gasteiger partial charge is 0.186 e. The van der Waals surface area contributed by atoms with Crippen LogP contribution in [0, 0.1) is 5.41 Å². The van der Waals surface area contributed by atoms with Crippen LogP contribution in [-0.4, -0.2) is 69.6 Å². The van der Waals surface area contributed by atoms with Gasteiger partial charge in [0.1, 0.15) is 30.2 Å². The van der Waals surface area contributed by atoms with Crippen LogP contribution < -0.4 is 0 Å². The van der Waals surface area contributed by atoms with Gasteiger partial charge >= 0.3 is 0 Å². The summed E-state index contributed by atoms with van der Waals surface area (Å²) in [5.41, 5.74) is 2.27. The van der Waals surface area contributed by atoms with E-state index in [2.05, 4.69) is 13.8 Å². The number of allylic oxidation sites excluding steroid dienone is 1. The topological polar surface area (TPSA) is 116 Å². The average Bonchev–Trinajstić information content (AvgIpc) is 2.53. The largest absolute Gasteiger partial charge is 0.394 e. The van der Waals surface area contributed by atoms with E-state index in [9.17, 15) is 25.2 Å². The second-order valence-electron chi connectivity index (χ2n) is 8.21. The van der Waals surface area contributed by atoms with E-state index in [0.29, 0.717) is 19.3 Å². The van der Waals surface area contributed by atoms with Crippen LogP contribution in [0.5, 0.6) is 0 Å². The van der Waals surface area contributed by atoms with Crippen molar-refractivity contribution >= 4 is 5.78 Å². The van der Waals surface area contributed by atoms with Crippen molar-refractivity contribution in [1.82, 2.24) is 0 Å². The molecule has 6 unspecified atom stereocenters. The lowest BCUT2D eigenvalue weighted by molar-refractivity contribution is -0.313. The number of aliphatic hydroxyl groups excluding tert-OH is 4. The molecule has 7 heteroatoms. The molecule has 1 aliphatic carbocycles. The lowest BCUT2D eigenvalue weighted by Crippen LogP contribution is -2.59. The van der Waals surface area contributed by atoms with Gasteiger partial charge in [-0.25, -0.2) is 0 Å². The lowest BCUT2D eigenvalue weighted by atomic mass is 9.70. The average molecular weight is 372 g/mol. The molecule has 0 amide bonds. The first-order valence-electron chi connectivity index (χ1n) is 9.21. The van der Waals surface area contributed by atoms with Gasteiger partial charge < -0.3 is 34.7 Å². The maximum absolute atomic E-state index is 11.3. The first kappa shape index (κ1) is 21.5. The SMILES string of the molecule is CC(=O)CCC1=C(C)CC(OC2OC(CO)C(O)C(O)C2O)CC1(C)C. The molecule has 1 heterocycles. The molecular weight excluding hydrogens is 340 g/mol. The van der Waals surface area contributed by atoms with Gasteiger partial charge in [-0.2, -0.15) is 0 Å². The first-order valence-corrected chi connectivity index (χ1v) is 9.21. The van der Waals surface area contributed by atoms with Crippen molar-refractivity contribution in [2.45, 2.75) is 90.2 Å². The highest BCUT2D eigenvalue weighted by Crippen LogP contribution is 2.44. The minimum atomic E-state index is -1.44. The molecule has 0 aromatic carbocycles. The minimum Gasteiger partial charge on any atom is -0.394 e. The molecule has 26 heavy (non-hydrogen) atoms. The van der Waals surface area contributed by atoms with Gasteiger partial charge in [0.05, 0.1) is 12.7 Å². The summed E-state index contributed by atoms with van der Waals surface area (Å²) >= 11 is 0. The Kier molecular flexibility index (Phi) is 6.98. The monoisotopic (exact) mass is 372 g/mol. The molecule has 1 fully saturated rings. The van der Waals surface area contributed by atoms with Crippen LogP contribution in [0.2, 0.25) is 0 Å². The Hall–Kier alpha value is -0.830. The molecule has 0 saturated carbocycles. The molecule has 2 rings (SSSR count). The Morgan fingerprint density at radius 2 is 1.88 bits per heavy atom. The normalized spacial score (nSPS) is 37.7. The van der Waals surface area contributed by atoms with E-state index in [4.69, 9.17) is 9.47 Å². The third kappa shape index (κ3) is 4.71. The van der Waals surface area contributed by atoms with Crippen molar-refractivity contribution in [3.63, 3.8) is 0 Å². The van der Waals surface area contributed by atoms with Crippen LogP contribution >= 0.6 is 0 Å². The zero-order chi connectivity index (χ0) is 19.6. The summed E-state index contributed by atoms with van der Waals surface area (Å²) < 4.78 is 11.4. The van der Waals surface area contributed by atoms with Gasteiger partial charge in [0, 0.05) is 6.42 Å². The Bertz CT molecular complexity index is 540. The second kappa shape index (κ2) is 8.46. The number of hydrogen-bond acceptors (Lipinski definition) is 7. The summed E-state index contributed by atoms with van der Waals surface area (Å²) in [4.78, 5) is 11.3. The number of ether oxygens (including phenoxy) is 2. The fourth-order valence-corrected chi connectivity index (χ4v) is 4.13. The van der Waals surface area contributed by atoms with Gasteiger partial charge in [0.2, 0.25) is 0 Å². The zero-order valence-corrected chi connectivity index (χ0v) is 16.0. The molecule has 0 bridgehead atoms. The molecule has 6 atom stereocenters. The molecule has 0 spiro atoms. The van der Waals surface area contributed by atoms with Crippen LogP contribution in [0.15, 0.2) is 11.1 Å². The maximum atomic E-state index is 11.3. The van der Waals surface area contributed by atoms with Crippen LogP contribution in [0.3, 0.4) is 0 Å². The van der Waals surface area contributed by atoms with Gasteiger partial charge in [-0.05, 0) is 38.5 Å². The fraction of sp³-hybridized carbons (Fsp3) is 0.842. The van der Waals surface area contributed by atoms with Crippen LogP contribution in [0.4, 0.5) is 0 Å². The molecule has 0 aromatic heterocycles. The molecule has 1 aliphatic heterocycles. The van der Waals surface area contributed by atoms with E-state index in [1.54, 1.807) is 6.92 Å². The van der Waals surface area contributed by atoms with Crippen molar-refractivity contribution < 1.29 is 34.7 Å². The third-order valence-corrected chi connectivity index (χ3v) is 5.51. The number of carbonyl (C=O) groups excluding carboxylic acids is 1. The Morgan fingerprint density at radius 3 is 2.42 bits per heavy atom. The van der Waals surface area contributed by atoms with Crippen LogP contribution in [-0.2, 0) is 14.3 Å². The van der Waals surface area contributed by atoms with E-state index in [1.807, 2.05) is 6.92 Å². The molecule has 1 saturated heterocycles. The summed E-state index contributed by atoms with van der Waals surface area (Å²) in [6, 6.07) is 0. The summed E-state index contributed by atoms with van der Waals surface area (Å²) in [5, 5.41) is 39.2. The fourth-order valence-electron chi connectivity index (χ4n) is 4.13. The van der Waals surface area contributed by atoms with Gasteiger partial charge in [0.15, 0.2) is 6.29 Å². The quantitative estimate of drug-likeness (QED) is 0.507. The van der Waals surface area contributed by atoms with E-state index >= 15 is 0 Å². The highest BCUT2D eigenvalue weighted by atomic mass is 16.7.